The van der Waals surface area contributed by atoms with E-state index in [-0.39, 0.29) is 0 Å². The number of hydrogen-bond donors (Lipinski definition) is 1. The van der Waals surface area contributed by atoms with Crippen LogP contribution in [0.15, 0.2) is 28.8 Å². The van der Waals surface area contributed by atoms with Crippen LogP contribution in [0.1, 0.15) is 38.0 Å². The summed E-state index contributed by atoms with van der Waals surface area (Å²) in [6.45, 7) is 9.35. The maximum Gasteiger partial charge on any atom is 0.246 e. The number of aromatic nitrogens is 2. The third-order valence-corrected chi connectivity index (χ3v) is 3.15. The fraction of sp³-hybridized carbons (Fsp3) is 0.467. The second kappa shape index (κ2) is 5.63. The van der Waals surface area contributed by atoms with E-state index in [4.69, 9.17) is 10.3 Å². The Kier molecular flexibility index (Phi) is 4.09. The quantitative estimate of drug-likeness (QED) is 0.907. The van der Waals surface area contributed by atoms with Crippen LogP contribution in [0.4, 0.5) is 5.69 Å². The zero-order chi connectivity index (χ0) is 14.8. The molecule has 2 rings (SSSR count). The van der Waals surface area contributed by atoms with Crippen LogP contribution in [0.5, 0.6) is 0 Å². The van der Waals surface area contributed by atoms with Crippen LogP contribution in [0.2, 0.25) is 0 Å². The Labute approximate surface area is 119 Å². The van der Waals surface area contributed by atoms with Crippen LogP contribution in [0.3, 0.4) is 0 Å². The van der Waals surface area contributed by atoms with E-state index in [0.717, 1.165) is 12.2 Å². The van der Waals surface area contributed by atoms with Gasteiger partial charge in [-0.15, -0.1) is 0 Å². The number of anilines is 1. The lowest BCUT2D eigenvalue weighted by Crippen LogP contribution is -2.30. The zero-order valence-corrected chi connectivity index (χ0v) is 12.6. The van der Waals surface area contributed by atoms with Crippen molar-refractivity contribution in [3.8, 4) is 0 Å². The van der Waals surface area contributed by atoms with Gasteiger partial charge in [-0.1, -0.05) is 22.9 Å². The van der Waals surface area contributed by atoms with Gasteiger partial charge >= 0.3 is 0 Å². The van der Waals surface area contributed by atoms with Crippen molar-refractivity contribution in [2.75, 3.05) is 11.4 Å². The maximum absolute atomic E-state index is 5.96. The minimum absolute atomic E-state index is 0.535. The lowest BCUT2D eigenvalue weighted by atomic mass is 10.1. The van der Waals surface area contributed by atoms with Crippen molar-refractivity contribution in [2.45, 2.75) is 39.8 Å². The van der Waals surface area contributed by atoms with E-state index >= 15 is 0 Å². The molecule has 1 aromatic heterocycles. The van der Waals surface area contributed by atoms with E-state index in [1.54, 1.807) is 0 Å². The second-order valence-corrected chi connectivity index (χ2v) is 5.58. The molecule has 5 heteroatoms. The van der Waals surface area contributed by atoms with E-state index in [1.807, 2.05) is 13.8 Å². The smallest absolute Gasteiger partial charge is 0.246 e. The van der Waals surface area contributed by atoms with Gasteiger partial charge in [0.05, 0.1) is 12.1 Å². The van der Waals surface area contributed by atoms with Gasteiger partial charge in [-0.3, -0.25) is 0 Å². The summed E-state index contributed by atoms with van der Waals surface area (Å²) in [6, 6.07) is 8.40. The predicted octanol–water partition coefficient (Wildman–Crippen LogP) is 2.60. The minimum atomic E-state index is -0.581. The summed E-state index contributed by atoms with van der Waals surface area (Å²) in [5.74, 6) is 1.12. The molecule has 0 atom stereocenters. The van der Waals surface area contributed by atoms with Gasteiger partial charge in [0.25, 0.3) is 0 Å². The van der Waals surface area contributed by atoms with E-state index < -0.39 is 5.54 Å². The Bertz CT molecular complexity index is 554. The molecule has 0 amide bonds. The molecule has 0 aliphatic rings. The van der Waals surface area contributed by atoms with Crippen molar-refractivity contribution in [3.63, 3.8) is 0 Å². The summed E-state index contributed by atoms with van der Waals surface area (Å²) in [5, 5.41) is 3.94. The summed E-state index contributed by atoms with van der Waals surface area (Å²) < 4.78 is 5.29. The second-order valence-electron chi connectivity index (χ2n) is 5.58. The summed E-state index contributed by atoms with van der Waals surface area (Å²) in [4.78, 5) is 6.55. The first-order chi connectivity index (χ1) is 9.40. The average Bonchev–Trinajstić information content (AvgIpc) is 2.85. The standard InChI is InChI=1S/C15H22N4O/c1-5-19(12-8-6-11(2)7-9-12)10-13-17-14(18-20-13)15(3,4)16/h6-9H,5,10,16H2,1-4H3. The lowest BCUT2D eigenvalue weighted by Gasteiger charge is -2.21. The van der Waals surface area contributed by atoms with Gasteiger partial charge in [-0.2, -0.15) is 4.98 Å². The highest BCUT2D eigenvalue weighted by Gasteiger charge is 2.22. The number of hydrogen-bond acceptors (Lipinski definition) is 5. The highest BCUT2D eigenvalue weighted by atomic mass is 16.5. The monoisotopic (exact) mass is 274 g/mol. The Morgan fingerprint density at radius 1 is 1.25 bits per heavy atom. The fourth-order valence-electron chi connectivity index (χ4n) is 1.89. The van der Waals surface area contributed by atoms with E-state index in [0.29, 0.717) is 18.3 Å². The third kappa shape index (κ3) is 3.36. The predicted molar refractivity (Wildman–Crippen MR) is 79.4 cm³/mol. The van der Waals surface area contributed by atoms with E-state index in [2.05, 4.69) is 53.2 Å². The average molecular weight is 274 g/mol. The van der Waals surface area contributed by atoms with Gasteiger partial charge in [0.2, 0.25) is 5.89 Å². The van der Waals surface area contributed by atoms with E-state index in [1.165, 1.54) is 5.56 Å². The third-order valence-electron chi connectivity index (χ3n) is 3.15. The van der Waals surface area contributed by atoms with Crippen molar-refractivity contribution in [1.82, 2.24) is 10.1 Å². The SMILES string of the molecule is CCN(Cc1nc(C(C)(C)N)no1)c1ccc(C)cc1. The molecule has 0 bridgehead atoms. The Hall–Kier alpha value is -1.88. The first-order valence-corrected chi connectivity index (χ1v) is 6.83. The highest BCUT2D eigenvalue weighted by molar-refractivity contribution is 5.47. The van der Waals surface area contributed by atoms with Gasteiger partial charge in [0, 0.05) is 12.2 Å². The van der Waals surface area contributed by atoms with Crippen LogP contribution in [0.25, 0.3) is 0 Å². The lowest BCUT2D eigenvalue weighted by molar-refractivity contribution is 0.359. The number of benzene rings is 1. The van der Waals surface area contributed by atoms with Crippen molar-refractivity contribution in [1.29, 1.82) is 0 Å². The number of aryl methyl sites for hydroxylation is 1. The minimum Gasteiger partial charge on any atom is -0.362 e. The molecule has 0 aliphatic carbocycles. The molecule has 1 heterocycles. The first-order valence-electron chi connectivity index (χ1n) is 6.83. The number of rotatable bonds is 5. The van der Waals surface area contributed by atoms with Gasteiger partial charge in [-0.25, -0.2) is 0 Å². The largest absolute Gasteiger partial charge is 0.362 e. The van der Waals surface area contributed by atoms with Crippen molar-refractivity contribution in [3.05, 3.63) is 41.5 Å². The number of nitrogens with two attached hydrogens (primary N) is 1. The van der Waals surface area contributed by atoms with E-state index in [9.17, 15) is 0 Å². The van der Waals surface area contributed by atoms with Crippen molar-refractivity contribution in [2.24, 2.45) is 5.73 Å². The molecule has 2 N–H and O–H groups in total. The molecule has 1 aromatic carbocycles. The Balaban J connectivity index is 2.14. The number of nitrogens with zero attached hydrogens (tertiary/aromatic N) is 3. The molecule has 5 nitrogen and oxygen atoms in total. The van der Waals surface area contributed by atoms with Crippen LogP contribution in [-0.4, -0.2) is 16.7 Å². The summed E-state index contributed by atoms with van der Waals surface area (Å²) in [5.41, 5.74) is 7.77. The first kappa shape index (κ1) is 14.5. The van der Waals surface area contributed by atoms with Crippen LogP contribution in [0, 0.1) is 6.92 Å². The molecular weight excluding hydrogens is 252 g/mol. The maximum atomic E-state index is 5.96. The van der Waals surface area contributed by atoms with Crippen LogP contribution < -0.4 is 10.6 Å². The molecule has 0 saturated heterocycles. The molecule has 0 unspecified atom stereocenters. The molecule has 20 heavy (non-hydrogen) atoms. The van der Waals surface area contributed by atoms with Gasteiger partial charge < -0.3 is 15.2 Å². The summed E-state index contributed by atoms with van der Waals surface area (Å²) in [7, 11) is 0. The molecule has 0 spiro atoms. The molecule has 108 valence electrons. The topological polar surface area (TPSA) is 68.2 Å². The molecule has 0 radical (unpaired) electrons. The van der Waals surface area contributed by atoms with Gasteiger partial charge in [0.1, 0.15) is 0 Å². The molecule has 2 aromatic rings. The van der Waals surface area contributed by atoms with Gasteiger partial charge in [0.15, 0.2) is 5.82 Å². The molecular formula is C15H22N4O. The Morgan fingerprint density at radius 3 is 2.40 bits per heavy atom. The highest BCUT2D eigenvalue weighted by Crippen LogP contribution is 2.18. The summed E-state index contributed by atoms with van der Waals surface area (Å²) in [6.07, 6.45) is 0. The normalized spacial score (nSPS) is 11.7. The molecule has 0 fully saturated rings. The fourth-order valence-corrected chi connectivity index (χ4v) is 1.89. The van der Waals surface area contributed by atoms with Crippen molar-refractivity contribution < 1.29 is 4.52 Å². The molecule has 0 saturated carbocycles. The van der Waals surface area contributed by atoms with Crippen molar-refractivity contribution >= 4 is 5.69 Å². The summed E-state index contributed by atoms with van der Waals surface area (Å²) >= 11 is 0. The van der Waals surface area contributed by atoms with Gasteiger partial charge in [-0.05, 0) is 39.8 Å². The van der Waals surface area contributed by atoms with Crippen LogP contribution in [-0.2, 0) is 12.1 Å². The molecule has 0 aliphatic heterocycles. The Morgan fingerprint density at radius 2 is 1.90 bits per heavy atom. The van der Waals surface area contributed by atoms with Crippen LogP contribution >= 0.6 is 0 Å². The zero-order valence-electron chi connectivity index (χ0n) is 12.6.